The van der Waals surface area contributed by atoms with Crippen LogP contribution in [0.1, 0.15) is 27.8 Å². The monoisotopic (exact) mass is 275 g/mol. The lowest BCUT2D eigenvalue weighted by molar-refractivity contribution is -0.129. The molecule has 0 bridgehead atoms. The zero-order valence-corrected chi connectivity index (χ0v) is 11.7. The average Bonchev–Trinajstić information content (AvgIpc) is 3.08. The first-order chi connectivity index (χ1) is 9.22. The first-order valence-electron chi connectivity index (χ1n) is 6.55. The smallest absolute Gasteiger partial charge is 0.227 e. The lowest BCUT2D eigenvalue weighted by Gasteiger charge is -2.15. The number of amides is 1. The molecular formula is C14H17N3OS. The van der Waals surface area contributed by atoms with E-state index in [2.05, 4.69) is 29.3 Å². The molecule has 1 aliphatic heterocycles. The van der Waals surface area contributed by atoms with Crippen LogP contribution in [0.3, 0.4) is 0 Å². The van der Waals surface area contributed by atoms with Gasteiger partial charge in [0.05, 0.1) is 6.42 Å². The molecule has 2 aromatic rings. The summed E-state index contributed by atoms with van der Waals surface area (Å²) in [5.74, 6) is 0.653. The topological polar surface area (TPSA) is 49.0 Å². The SMILES string of the molecule is Cc1ccc(CC(=O)N2CCC(c3ccn[nH]3)C2)s1. The summed E-state index contributed by atoms with van der Waals surface area (Å²) in [6, 6.07) is 6.13. The van der Waals surface area contributed by atoms with Gasteiger partial charge >= 0.3 is 0 Å². The normalized spacial score (nSPS) is 19.0. The number of aromatic amines is 1. The van der Waals surface area contributed by atoms with Gasteiger partial charge in [0.25, 0.3) is 0 Å². The van der Waals surface area contributed by atoms with E-state index in [1.165, 1.54) is 4.88 Å². The van der Waals surface area contributed by atoms with E-state index in [1.807, 2.05) is 11.0 Å². The van der Waals surface area contributed by atoms with Crippen molar-refractivity contribution in [1.29, 1.82) is 0 Å². The van der Waals surface area contributed by atoms with Gasteiger partial charge in [-0.3, -0.25) is 9.89 Å². The molecule has 1 N–H and O–H groups in total. The summed E-state index contributed by atoms with van der Waals surface area (Å²) in [4.78, 5) is 16.6. The molecule has 3 heterocycles. The molecule has 19 heavy (non-hydrogen) atoms. The summed E-state index contributed by atoms with van der Waals surface area (Å²) in [6.07, 6.45) is 3.33. The Morgan fingerprint density at radius 2 is 2.42 bits per heavy atom. The highest BCUT2D eigenvalue weighted by Gasteiger charge is 2.28. The van der Waals surface area contributed by atoms with Crippen LogP contribution in [0.5, 0.6) is 0 Å². The van der Waals surface area contributed by atoms with Crippen LogP contribution in [0.2, 0.25) is 0 Å². The van der Waals surface area contributed by atoms with Crippen molar-refractivity contribution in [3.05, 3.63) is 39.8 Å². The van der Waals surface area contributed by atoms with Crippen molar-refractivity contribution in [1.82, 2.24) is 15.1 Å². The average molecular weight is 275 g/mol. The third-order valence-electron chi connectivity index (χ3n) is 3.62. The number of nitrogens with one attached hydrogen (secondary N) is 1. The Kier molecular flexibility index (Phi) is 3.38. The van der Waals surface area contributed by atoms with Crippen LogP contribution in [0, 0.1) is 6.92 Å². The first kappa shape index (κ1) is 12.4. The number of likely N-dealkylation sites (tertiary alicyclic amines) is 1. The Balaban J connectivity index is 1.60. The van der Waals surface area contributed by atoms with Gasteiger partial charge in [0.2, 0.25) is 5.91 Å². The second kappa shape index (κ2) is 5.17. The molecule has 1 aliphatic rings. The van der Waals surface area contributed by atoms with E-state index in [0.29, 0.717) is 12.3 Å². The van der Waals surface area contributed by atoms with Gasteiger partial charge in [-0.1, -0.05) is 0 Å². The summed E-state index contributed by atoms with van der Waals surface area (Å²) >= 11 is 1.71. The second-order valence-electron chi connectivity index (χ2n) is 5.03. The Hall–Kier alpha value is -1.62. The third kappa shape index (κ3) is 2.71. The van der Waals surface area contributed by atoms with Crippen molar-refractivity contribution in [3.8, 4) is 0 Å². The standard InChI is InChI=1S/C14H17N3OS/c1-10-2-3-12(19-10)8-14(18)17-7-5-11(9-17)13-4-6-15-16-13/h2-4,6,11H,5,7-9H2,1H3,(H,15,16). The number of H-pyrrole nitrogens is 1. The number of thiophene rings is 1. The molecule has 3 rings (SSSR count). The summed E-state index contributed by atoms with van der Waals surface area (Å²) < 4.78 is 0. The van der Waals surface area contributed by atoms with Crippen LogP contribution >= 0.6 is 11.3 Å². The minimum absolute atomic E-state index is 0.240. The molecule has 2 aromatic heterocycles. The van der Waals surface area contributed by atoms with Gasteiger partial charge in [-0.2, -0.15) is 5.10 Å². The number of rotatable bonds is 3. The molecule has 1 amide bonds. The van der Waals surface area contributed by atoms with Crippen molar-refractivity contribution >= 4 is 17.2 Å². The molecule has 0 aliphatic carbocycles. The van der Waals surface area contributed by atoms with Crippen LogP contribution in [0.25, 0.3) is 0 Å². The fraction of sp³-hybridized carbons (Fsp3) is 0.429. The number of carbonyl (C=O) groups excluding carboxylic acids is 1. The van der Waals surface area contributed by atoms with E-state index in [9.17, 15) is 4.79 Å². The van der Waals surface area contributed by atoms with Gasteiger partial charge in [-0.15, -0.1) is 11.3 Å². The molecule has 4 nitrogen and oxygen atoms in total. The molecule has 1 saturated heterocycles. The molecule has 0 spiro atoms. The van der Waals surface area contributed by atoms with E-state index >= 15 is 0 Å². The van der Waals surface area contributed by atoms with Crippen LogP contribution in [-0.4, -0.2) is 34.1 Å². The van der Waals surface area contributed by atoms with Crippen molar-refractivity contribution in [2.75, 3.05) is 13.1 Å². The molecule has 0 saturated carbocycles. The molecular weight excluding hydrogens is 258 g/mol. The Labute approximate surface area is 116 Å². The summed E-state index contributed by atoms with van der Waals surface area (Å²) in [6.45, 7) is 3.74. The van der Waals surface area contributed by atoms with Crippen molar-refractivity contribution in [2.24, 2.45) is 0 Å². The Morgan fingerprint density at radius 1 is 1.53 bits per heavy atom. The maximum absolute atomic E-state index is 12.2. The van der Waals surface area contributed by atoms with E-state index in [-0.39, 0.29) is 5.91 Å². The fourth-order valence-electron chi connectivity index (χ4n) is 2.58. The quantitative estimate of drug-likeness (QED) is 0.934. The third-order valence-corrected chi connectivity index (χ3v) is 4.63. The van der Waals surface area contributed by atoms with Gasteiger partial charge in [0.15, 0.2) is 0 Å². The maximum atomic E-state index is 12.2. The maximum Gasteiger partial charge on any atom is 0.227 e. The van der Waals surface area contributed by atoms with Crippen LogP contribution in [0.4, 0.5) is 0 Å². The van der Waals surface area contributed by atoms with Crippen LogP contribution in [-0.2, 0) is 11.2 Å². The first-order valence-corrected chi connectivity index (χ1v) is 7.36. The van der Waals surface area contributed by atoms with Crippen LogP contribution < -0.4 is 0 Å². The Bertz CT molecular complexity index is 561. The lowest BCUT2D eigenvalue weighted by Crippen LogP contribution is -2.29. The molecule has 1 atom stereocenters. The largest absolute Gasteiger partial charge is 0.342 e. The molecule has 0 radical (unpaired) electrons. The van der Waals surface area contributed by atoms with Crippen molar-refractivity contribution in [2.45, 2.75) is 25.7 Å². The van der Waals surface area contributed by atoms with Gasteiger partial charge in [-0.05, 0) is 31.5 Å². The highest BCUT2D eigenvalue weighted by molar-refractivity contribution is 7.12. The minimum atomic E-state index is 0.240. The van der Waals surface area contributed by atoms with Gasteiger partial charge in [0.1, 0.15) is 0 Å². The molecule has 1 unspecified atom stereocenters. The number of hydrogen-bond acceptors (Lipinski definition) is 3. The lowest BCUT2D eigenvalue weighted by atomic mass is 10.1. The summed E-state index contributed by atoms with van der Waals surface area (Å²) in [5.41, 5.74) is 1.14. The predicted molar refractivity (Wildman–Crippen MR) is 75.3 cm³/mol. The zero-order valence-electron chi connectivity index (χ0n) is 10.9. The van der Waals surface area contributed by atoms with Gasteiger partial charge in [-0.25, -0.2) is 0 Å². The van der Waals surface area contributed by atoms with E-state index in [4.69, 9.17) is 0 Å². The van der Waals surface area contributed by atoms with Gasteiger partial charge < -0.3 is 4.90 Å². The zero-order chi connectivity index (χ0) is 13.2. The van der Waals surface area contributed by atoms with Crippen molar-refractivity contribution < 1.29 is 4.79 Å². The molecule has 5 heteroatoms. The highest BCUT2D eigenvalue weighted by Crippen LogP contribution is 2.26. The van der Waals surface area contributed by atoms with Crippen LogP contribution in [0.15, 0.2) is 24.4 Å². The fourth-order valence-corrected chi connectivity index (χ4v) is 3.46. The van der Waals surface area contributed by atoms with Crippen molar-refractivity contribution in [3.63, 3.8) is 0 Å². The summed E-state index contributed by atoms with van der Waals surface area (Å²) in [5, 5.41) is 6.99. The summed E-state index contributed by atoms with van der Waals surface area (Å²) in [7, 11) is 0. The predicted octanol–water partition coefficient (Wildman–Crippen LogP) is 2.34. The Morgan fingerprint density at radius 3 is 3.11 bits per heavy atom. The number of aryl methyl sites for hydroxylation is 1. The number of hydrogen-bond donors (Lipinski definition) is 1. The molecule has 1 fully saturated rings. The van der Waals surface area contributed by atoms with E-state index in [1.54, 1.807) is 17.5 Å². The highest BCUT2D eigenvalue weighted by atomic mass is 32.1. The number of aromatic nitrogens is 2. The minimum Gasteiger partial charge on any atom is -0.342 e. The molecule has 100 valence electrons. The van der Waals surface area contributed by atoms with E-state index in [0.717, 1.165) is 30.1 Å². The second-order valence-corrected chi connectivity index (χ2v) is 6.40. The number of carbonyl (C=O) groups is 1. The number of nitrogens with zero attached hydrogens (tertiary/aromatic N) is 2. The van der Waals surface area contributed by atoms with Gasteiger partial charge in [0, 0.05) is 40.7 Å². The van der Waals surface area contributed by atoms with E-state index < -0.39 is 0 Å². The molecule has 0 aromatic carbocycles.